The van der Waals surface area contributed by atoms with Crippen molar-refractivity contribution >= 4 is 14.8 Å². The van der Waals surface area contributed by atoms with Crippen molar-refractivity contribution < 1.29 is 9.32 Å². The minimum absolute atomic E-state index is 0.224. The van der Waals surface area contributed by atoms with E-state index in [-0.39, 0.29) is 14.8 Å². The Morgan fingerprint density at radius 2 is 2.57 bits per heavy atom. The van der Waals surface area contributed by atoms with E-state index in [9.17, 15) is 4.79 Å². The maximum Gasteiger partial charge on any atom is 0.332 e. The first-order valence-electron chi connectivity index (χ1n) is 1.81. The van der Waals surface area contributed by atoms with Gasteiger partial charge >= 0.3 is 5.97 Å². The molecule has 0 saturated carbocycles. The van der Waals surface area contributed by atoms with E-state index in [1.807, 2.05) is 0 Å². The van der Waals surface area contributed by atoms with Crippen molar-refractivity contribution in [1.29, 1.82) is 0 Å². The van der Waals surface area contributed by atoms with Crippen LogP contribution in [0.2, 0.25) is 0 Å². The molecule has 7 heavy (non-hydrogen) atoms. The van der Waals surface area contributed by atoms with Gasteiger partial charge in [-0.2, -0.15) is 0 Å². The third-order valence-electron chi connectivity index (χ3n) is 0.369. The van der Waals surface area contributed by atoms with E-state index in [1.165, 1.54) is 0 Å². The lowest BCUT2D eigenvalue weighted by atomic mass is 10.7. The molecule has 0 saturated heterocycles. The molecule has 1 atom stereocenters. The fraction of sp³-hybridized carbons (Fsp3) is 0.250. The Morgan fingerprint density at radius 3 is 2.71 bits per heavy atom. The second kappa shape index (κ2) is 3.82. The molecule has 0 aromatic heterocycles. The van der Waals surface area contributed by atoms with Crippen molar-refractivity contribution in [2.75, 3.05) is 6.66 Å². The van der Waals surface area contributed by atoms with Gasteiger partial charge in [-0.3, -0.25) is 0 Å². The van der Waals surface area contributed by atoms with Crippen LogP contribution in [-0.4, -0.2) is 12.6 Å². The fourth-order valence-electron chi connectivity index (χ4n) is 0.142. The predicted molar refractivity (Wildman–Crippen MR) is 30.5 cm³/mol. The lowest BCUT2D eigenvalue weighted by Gasteiger charge is -1.90. The summed E-state index contributed by atoms with van der Waals surface area (Å²) in [6, 6.07) is 0. The highest BCUT2D eigenvalue weighted by molar-refractivity contribution is 7.31. The molecule has 0 amide bonds. The minimum atomic E-state index is -0.346. The molecule has 3 heteroatoms. The van der Waals surface area contributed by atoms with E-state index in [4.69, 9.17) is 0 Å². The van der Waals surface area contributed by atoms with Crippen LogP contribution in [0.4, 0.5) is 0 Å². The molecule has 0 N–H and O–H groups in total. The van der Waals surface area contributed by atoms with Gasteiger partial charge in [-0.15, -0.1) is 0 Å². The Hall–Kier alpha value is -0.360. The van der Waals surface area contributed by atoms with Crippen LogP contribution in [0.25, 0.3) is 0 Å². The topological polar surface area (TPSA) is 26.3 Å². The zero-order valence-corrected chi connectivity index (χ0v) is 5.10. The molecule has 0 heterocycles. The molecule has 0 aromatic carbocycles. The zero-order chi connectivity index (χ0) is 5.70. The minimum Gasteiger partial charge on any atom is -0.445 e. The maximum atomic E-state index is 10.1. The van der Waals surface area contributed by atoms with Crippen LogP contribution in [0.3, 0.4) is 0 Å². The Balaban J connectivity index is 3.17. The average Bonchev–Trinajstić information content (AvgIpc) is 1.68. The normalized spacial score (nSPS) is 9.29. The zero-order valence-electron chi connectivity index (χ0n) is 4.10. The summed E-state index contributed by atoms with van der Waals surface area (Å²) in [4.78, 5) is 10.1. The highest BCUT2D eigenvalue weighted by Crippen LogP contribution is 2.03. The SMILES string of the molecule is C=CC(=O)OPC. The number of hydrogen-bond acceptors (Lipinski definition) is 2. The van der Waals surface area contributed by atoms with Gasteiger partial charge in [-0.1, -0.05) is 6.58 Å². The number of rotatable bonds is 2. The van der Waals surface area contributed by atoms with E-state index in [2.05, 4.69) is 11.1 Å². The number of carbonyl (C=O) groups excluding carboxylic acids is 1. The van der Waals surface area contributed by atoms with Crippen LogP contribution in [0.1, 0.15) is 0 Å². The number of carbonyl (C=O) groups is 1. The van der Waals surface area contributed by atoms with Crippen molar-refractivity contribution in [3.63, 3.8) is 0 Å². The lowest BCUT2D eigenvalue weighted by molar-refractivity contribution is -0.128. The molecule has 1 unspecified atom stereocenters. The first-order chi connectivity index (χ1) is 3.31. The summed E-state index contributed by atoms with van der Waals surface area (Å²) >= 11 is 0. The molecule has 0 aromatic rings. The Labute approximate surface area is 44.4 Å². The fourth-order valence-corrected chi connectivity index (χ4v) is 0.427. The van der Waals surface area contributed by atoms with E-state index >= 15 is 0 Å². The predicted octanol–water partition coefficient (Wildman–Crippen LogP) is 0.939. The van der Waals surface area contributed by atoms with Gasteiger partial charge in [-0.05, 0) is 6.66 Å². The second-order valence-corrected chi connectivity index (χ2v) is 1.44. The summed E-state index contributed by atoms with van der Waals surface area (Å²) in [6.07, 6.45) is 1.15. The molecule has 2 nitrogen and oxygen atoms in total. The number of hydrogen-bond donors (Lipinski definition) is 0. The van der Waals surface area contributed by atoms with Crippen LogP contribution in [0.5, 0.6) is 0 Å². The van der Waals surface area contributed by atoms with Crippen molar-refractivity contribution in [2.45, 2.75) is 0 Å². The molecule has 0 aliphatic carbocycles. The Bertz CT molecular complexity index is 79.8. The van der Waals surface area contributed by atoms with Gasteiger partial charge < -0.3 is 4.52 Å². The van der Waals surface area contributed by atoms with Crippen LogP contribution >= 0.6 is 8.81 Å². The Morgan fingerprint density at radius 1 is 2.00 bits per heavy atom. The Kier molecular flexibility index (Phi) is 3.62. The molecular weight excluding hydrogens is 111 g/mol. The molecule has 0 rings (SSSR count). The molecule has 0 aliphatic heterocycles. The van der Waals surface area contributed by atoms with Gasteiger partial charge in [0, 0.05) is 6.08 Å². The van der Waals surface area contributed by atoms with Gasteiger partial charge in [0.25, 0.3) is 0 Å². The third-order valence-corrected chi connectivity index (χ3v) is 0.775. The van der Waals surface area contributed by atoms with Crippen molar-refractivity contribution in [2.24, 2.45) is 0 Å². The quantitative estimate of drug-likeness (QED) is 0.398. The van der Waals surface area contributed by atoms with E-state index in [0.29, 0.717) is 0 Å². The average molecular weight is 118 g/mol. The largest absolute Gasteiger partial charge is 0.445 e. The third kappa shape index (κ3) is 3.47. The van der Waals surface area contributed by atoms with Crippen molar-refractivity contribution in [1.82, 2.24) is 0 Å². The first-order valence-corrected chi connectivity index (χ1v) is 3.22. The van der Waals surface area contributed by atoms with Gasteiger partial charge in [0.15, 0.2) is 0 Å². The monoisotopic (exact) mass is 118 g/mol. The molecule has 0 radical (unpaired) electrons. The lowest BCUT2D eigenvalue weighted by Crippen LogP contribution is -1.87. The van der Waals surface area contributed by atoms with Gasteiger partial charge in [-0.25, -0.2) is 4.79 Å². The molecule has 0 aliphatic rings. The standard InChI is InChI=1S/C4H7O2P/c1-3-4(5)6-7-2/h3,7H,1H2,2H3. The molecule has 0 spiro atoms. The summed E-state index contributed by atoms with van der Waals surface area (Å²) < 4.78 is 4.46. The summed E-state index contributed by atoms with van der Waals surface area (Å²) in [5, 5.41) is 0. The van der Waals surface area contributed by atoms with Crippen LogP contribution in [-0.2, 0) is 9.32 Å². The highest BCUT2D eigenvalue weighted by Gasteiger charge is 1.86. The van der Waals surface area contributed by atoms with Gasteiger partial charge in [0.2, 0.25) is 0 Å². The summed E-state index contributed by atoms with van der Waals surface area (Å²) in [7, 11) is 0.224. The van der Waals surface area contributed by atoms with Crippen LogP contribution in [0, 0.1) is 0 Å². The highest BCUT2D eigenvalue weighted by atomic mass is 31.1. The molecular formula is C4H7O2P. The van der Waals surface area contributed by atoms with Crippen LogP contribution < -0.4 is 0 Å². The van der Waals surface area contributed by atoms with E-state index < -0.39 is 0 Å². The first kappa shape index (κ1) is 6.64. The van der Waals surface area contributed by atoms with E-state index in [1.54, 1.807) is 6.66 Å². The van der Waals surface area contributed by atoms with Gasteiger partial charge in [0.1, 0.15) is 0 Å². The summed E-state index contributed by atoms with van der Waals surface area (Å²) in [5.41, 5.74) is 0. The van der Waals surface area contributed by atoms with E-state index in [0.717, 1.165) is 6.08 Å². The second-order valence-electron chi connectivity index (χ2n) is 0.829. The van der Waals surface area contributed by atoms with Crippen LogP contribution in [0.15, 0.2) is 12.7 Å². The smallest absolute Gasteiger partial charge is 0.332 e. The molecule has 40 valence electrons. The maximum absolute atomic E-state index is 10.1. The molecule has 0 bridgehead atoms. The molecule has 0 fully saturated rings. The van der Waals surface area contributed by atoms with Gasteiger partial charge in [0.05, 0.1) is 8.81 Å². The summed E-state index contributed by atoms with van der Waals surface area (Å²) in [5.74, 6) is -0.346. The van der Waals surface area contributed by atoms with Crippen molar-refractivity contribution in [3.8, 4) is 0 Å². The summed E-state index contributed by atoms with van der Waals surface area (Å²) in [6.45, 7) is 4.99. The van der Waals surface area contributed by atoms with Crippen molar-refractivity contribution in [3.05, 3.63) is 12.7 Å².